The molecule has 3 aromatic rings. The highest BCUT2D eigenvalue weighted by Gasteiger charge is 2.21. The van der Waals surface area contributed by atoms with Crippen molar-refractivity contribution in [3.05, 3.63) is 63.5 Å². The van der Waals surface area contributed by atoms with Gasteiger partial charge in [0.25, 0.3) is 5.91 Å². The van der Waals surface area contributed by atoms with E-state index in [4.69, 9.17) is 28.3 Å². The summed E-state index contributed by atoms with van der Waals surface area (Å²) in [4.78, 5) is 23.5. The number of benzene rings is 1. The minimum Gasteiger partial charge on any atom is -0.478 e. The van der Waals surface area contributed by atoms with Gasteiger partial charge in [-0.3, -0.25) is 14.2 Å². The van der Waals surface area contributed by atoms with Gasteiger partial charge in [-0.2, -0.15) is 10.2 Å². The van der Waals surface area contributed by atoms with Crippen LogP contribution in [0, 0.1) is 0 Å². The predicted octanol–water partition coefficient (Wildman–Crippen LogP) is 2.92. The lowest BCUT2D eigenvalue weighted by Crippen LogP contribution is -2.17. The van der Waals surface area contributed by atoms with Crippen LogP contribution in [0.1, 0.15) is 26.4 Å². The molecule has 0 fully saturated rings. The minimum atomic E-state index is -1.23. The predicted molar refractivity (Wildman–Crippen MR) is 95.9 cm³/mol. The van der Waals surface area contributed by atoms with Crippen LogP contribution in [0.5, 0.6) is 0 Å². The number of aromatic carboxylic acids is 1. The molecule has 0 aliphatic rings. The summed E-state index contributed by atoms with van der Waals surface area (Å²) in [5.74, 6) is -1.62. The van der Waals surface area contributed by atoms with Gasteiger partial charge in [0.2, 0.25) is 0 Å². The summed E-state index contributed by atoms with van der Waals surface area (Å²) in [5.41, 5.74) is 0.447. The fourth-order valence-corrected chi connectivity index (χ4v) is 2.80. The normalized spacial score (nSPS) is 10.7. The van der Waals surface area contributed by atoms with Gasteiger partial charge < -0.3 is 10.4 Å². The van der Waals surface area contributed by atoms with Crippen LogP contribution in [0.3, 0.4) is 0 Å². The van der Waals surface area contributed by atoms with Gasteiger partial charge in [0.05, 0.1) is 6.54 Å². The second kappa shape index (κ2) is 7.19. The van der Waals surface area contributed by atoms with Crippen LogP contribution in [-0.2, 0) is 13.6 Å². The number of nitrogens with one attached hydrogen (secondary N) is 1. The quantitative estimate of drug-likeness (QED) is 0.693. The maximum absolute atomic E-state index is 12.3. The van der Waals surface area contributed by atoms with Crippen molar-refractivity contribution in [2.75, 3.05) is 5.32 Å². The number of halogens is 2. The van der Waals surface area contributed by atoms with E-state index in [-0.39, 0.29) is 17.1 Å². The number of carbonyl (C=O) groups excluding carboxylic acids is 1. The minimum absolute atomic E-state index is 0.183. The summed E-state index contributed by atoms with van der Waals surface area (Å²) in [6, 6.07) is 6.74. The molecule has 2 N–H and O–H groups in total. The Morgan fingerprint density at radius 1 is 1.23 bits per heavy atom. The van der Waals surface area contributed by atoms with Crippen LogP contribution < -0.4 is 5.32 Å². The first-order chi connectivity index (χ1) is 12.3. The van der Waals surface area contributed by atoms with E-state index in [1.807, 2.05) is 0 Å². The summed E-state index contributed by atoms with van der Waals surface area (Å²) in [5, 5.41) is 20.8. The number of carboxylic acids is 1. The van der Waals surface area contributed by atoms with Crippen molar-refractivity contribution in [1.29, 1.82) is 0 Å². The molecule has 1 amide bonds. The van der Waals surface area contributed by atoms with Crippen LogP contribution in [0.15, 0.2) is 36.7 Å². The standard InChI is InChI=1S/C16H13Cl2N5O3/c1-22-8-11(16(25)26)14(21-22)15(24)19-13-4-5-23(20-13)7-9-2-3-10(17)6-12(9)18/h2-6,8H,7H2,1H3,(H,25,26)(H,19,20,24). The summed E-state index contributed by atoms with van der Waals surface area (Å²) >= 11 is 12.0. The highest BCUT2D eigenvalue weighted by Crippen LogP contribution is 2.22. The Kier molecular flexibility index (Phi) is 4.97. The molecule has 0 bridgehead atoms. The highest BCUT2D eigenvalue weighted by molar-refractivity contribution is 6.35. The maximum atomic E-state index is 12.3. The molecule has 8 nitrogen and oxygen atoms in total. The molecule has 3 rings (SSSR count). The zero-order valence-corrected chi connectivity index (χ0v) is 15.0. The number of rotatable bonds is 5. The van der Waals surface area contributed by atoms with Gasteiger partial charge in [-0.1, -0.05) is 29.3 Å². The number of hydrogen-bond donors (Lipinski definition) is 2. The van der Waals surface area contributed by atoms with Crippen molar-refractivity contribution in [1.82, 2.24) is 19.6 Å². The second-order valence-electron chi connectivity index (χ2n) is 5.46. The smallest absolute Gasteiger partial charge is 0.339 e. The molecule has 0 atom stereocenters. The first-order valence-electron chi connectivity index (χ1n) is 7.39. The number of hydrogen-bond acceptors (Lipinski definition) is 4. The van der Waals surface area contributed by atoms with Crippen molar-refractivity contribution in [2.45, 2.75) is 6.54 Å². The van der Waals surface area contributed by atoms with E-state index in [1.54, 1.807) is 35.1 Å². The summed E-state index contributed by atoms with van der Waals surface area (Å²) in [6.45, 7) is 0.385. The highest BCUT2D eigenvalue weighted by atomic mass is 35.5. The lowest BCUT2D eigenvalue weighted by atomic mass is 10.2. The largest absolute Gasteiger partial charge is 0.478 e. The van der Waals surface area contributed by atoms with Gasteiger partial charge in [0, 0.05) is 35.6 Å². The molecule has 2 aromatic heterocycles. The fourth-order valence-electron chi connectivity index (χ4n) is 2.33. The van der Waals surface area contributed by atoms with Crippen LogP contribution in [0.2, 0.25) is 10.0 Å². The van der Waals surface area contributed by atoms with Crippen molar-refractivity contribution in [3.8, 4) is 0 Å². The van der Waals surface area contributed by atoms with E-state index in [0.717, 1.165) is 5.56 Å². The molecule has 10 heteroatoms. The molecule has 0 radical (unpaired) electrons. The Balaban J connectivity index is 1.74. The van der Waals surface area contributed by atoms with E-state index in [0.29, 0.717) is 16.6 Å². The van der Waals surface area contributed by atoms with Crippen molar-refractivity contribution in [3.63, 3.8) is 0 Å². The van der Waals surface area contributed by atoms with E-state index in [1.165, 1.54) is 17.9 Å². The summed E-state index contributed by atoms with van der Waals surface area (Å²) < 4.78 is 2.85. The van der Waals surface area contributed by atoms with Gasteiger partial charge in [-0.25, -0.2) is 4.79 Å². The number of carboxylic acid groups (broad SMARTS) is 1. The Bertz CT molecular complexity index is 996. The van der Waals surface area contributed by atoms with Gasteiger partial charge in [-0.15, -0.1) is 0 Å². The zero-order valence-electron chi connectivity index (χ0n) is 13.5. The van der Waals surface area contributed by atoms with Gasteiger partial charge in [0.15, 0.2) is 11.5 Å². The second-order valence-corrected chi connectivity index (χ2v) is 6.30. The molecule has 2 heterocycles. The SMILES string of the molecule is Cn1cc(C(=O)O)c(C(=O)Nc2ccn(Cc3ccc(Cl)cc3Cl)n2)n1. The fraction of sp³-hybridized carbons (Fsp3) is 0.125. The average molecular weight is 394 g/mol. The lowest BCUT2D eigenvalue weighted by molar-refractivity contribution is 0.0692. The topological polar surface area (TPSA) is 102 Å². The maximum Gasteiger partial charge on any atom is 0.339 e. The summed E-state index contributed by atoms with van der Waals surface area (Å²) in [6.07, 6.45) is 2.93. The van der Waals surface area contributed by atoms with E-state index < -0.39 is 11.9 Å². The molecular weight excluding hydrogens is 381 g/mol. The molecule has 0 aliphatic carbocycles. The number of carbonyl (C=O) groups is 2. The third-order valence-corrected chi connectivity index (χ3v) is 4.09. The molecule has 0 saturated carbocycles. The first kappa shape index (κ1) is 18.0. The molecule has 26 heavy (non-hydrogen) atoms. The van der Waals surface area contributed by atoms with Crippen molar-refractivity contribution < 1.29 is 14.7 Å². The molecule has 134 valence electrons. The van der Waals surface area contributed by atoms with Crippen LogP contribution >= 0.6 is 23.2 Å². The Morgan fingerprint density at radius 2 is 2.00 bits per heavy atom. The number of aryl methyl sites for hydroxylation is 1. The van der Waals surface area contributed by atoms with Crippen molar-refractivity contribution in [2.24, 2.45) is 7.05 Å². The van der Waals surface area contributed by atoms with Gasteiger partial charge >= 0.3 is 5.97 Å². The number of aromatic nitrogens is 4. The zero-order chi connectivity index (χ0) is 18.8. The number of anilines is 1. The first-order valence-corrected chi connectivity index (χ1v) is 8.15. The average Bonchev–Trinajstić information content (AvgIpc) is 3.16. The van der Waals surface area contributed by atoms with E-state index >= 15 is 0 Å². The molecule has 1 aromatic carbocycles. The molecule has 0 saturated heterocycles. The number of amides is 1. The Morgan fingerprint density at radius 3 is 2.69 bits per heavy atom. The third kappa shape index (κ3) is 3.87. The van der Waals surface area contributed by atoms with Gasteiger partial charge in [-0.05, 0) is 17.7 Å². The van der Waals surface area contributed by atoms with Crippen LogP contribution in [0.25, 0.3) is 0 Å². The van der Waals surface area contributed by atoms with E-state index in [2.05, 4.69) is 15.5 Å². The molecule has 0 aliphatic heterocycles. The monoisotopic (exact) mass is 393 g/mol. The Hall–Kier alpha value is -2.84. The van der Waals surface area contributed by atoms with Crippen molar-refractivity contribution >= 4 is 40.9 Å². The third-order valence-electron chi connectivity index (χ3n) is 3.50. The van der Waals surface area contributed by atoms with Crippen LogP contribution in [-0.4, -0.2) is 36.5 Å². The lowest BCUT2D eigenvalue weighted by Gasteiger charge is -2.05. The van der Waals surface area contributed by atoms with Gasteiger partial charge in [0.1, 0.15) is 5.56 Å². The summed E-state index contributed by atoms with van der Waals surface area (Å²) in [7, 11) is 1.54. The Labute approximate surface area is 157 Å². The molecule has 0 unspecified atom stereocenters. The van der Waals surface area contributed by atoms with Crippen LogP contribution in [0.4, 0.5) is 5.82 Å². The molecule has 0 spiro atoms. The van der Waals surface area contributed by atoms with E-state index in [9.17, 15) is 9.59 Å². The molecular formula is C16H13Cl2N5O3. The number of nitrogens with zero attached hydrogens (tertiary/aromatic N) is 4.